The molecule has 0 aromatic heterocycles. The van der Waals surface area contributed by atoms with E-state index in [-0.39, 0.29) is 18.0 Å². The summed E-state index contributed by atoms with van der Waals surface area (Å²) in [5.41, 5.74) is 5.46. The highest BCUT2D eigenvalue weighted by atomic mass is 16.5. The van der Waals surface area contributed by atoms with Gasteiger partial charge in [0.1, 0.15) is 12.1 Å². The Balaban J connectivity index is 4.45. The molecule has 46 heavy (non-hydrogen) atoms. The van der Waals surface area contributed by atoms with Crippen LogP contribution < -0.4 is 11.1 Å². The Morgan fingerprint density at radius 1 is 0.652 bits per heavy atom. The topological polar surface area (TPSA) is 119 Å². The number of amides is 1. The van der Waals surface area contributed by atoms with E-state index in [4.69, 9.17) is 10.5 Å². The van der Waals surface area contributed by atoms with E-state index < -0.39 is 12.0 Å². The minimum Gasteiger partial charge on any atom is -0.480 e. The lowest BCUT2D eigenvalue weighted by Gasteiger charge is -2.17. The van der Waals surface area contributed by atoms with E-state index in [1.165, 1.54) is 32.1 Å². The van der Waals surface area contributed by atoms with Crippen molar-refractivity contribution in [2.24, 2.45) is 5.73 Å². The fourth-order valence-electron chi connectivity index (χ4n) is 5.15. The molecule has 2 atom stereocenters. The van der Waals surface area contributed by atoms with Gasteiger partial charge in [0.2, 0.25) is 5.91 Å². The molecule has 7 nitrogen and oxygen atoms in total. The molecule has 0 fully saturated rings. The van der Waals surface area contributed by atoms with E-state index in [1.54, 1.807) is 0 Å². The zero-order chi connectivity index (χ0) is 33.9. The highest BCUT2D eigenvalue weighted by Gasteiger charge is 2.19. The van der Waals surface area contributed by atoms with Gasteiger partial charge < -0.3 is 20.9 Å². The van der Waals surface area contributed by atoms with Gasteiger partial charge >= 0.3 is 11.9 Å². The lowest BCUT2D eigenvalue weighted by atomic mass is 10.0. The average Bonchev–Trinajstić information content (AvgIpc) is 3.03. The lowest BCUT2D eigenvalue weighted by molar-refractivity contribution is -0.150. The minimum absolute atomic E-state index is 0.0589. The maximum Gasteiger partial charge on any atom is 0.326 e. The number of aliphatic carboxylic acids is 1. The average molecular weight is 645 g/mol. The SMILES string of the molecule is CC/C=C\C/C=C\C/C=C\C/C=C\CCC(CCCCCCCC(=O)NC(CCCN)C(=O)O)OC(=O)CCCCCCCCC. The molecule has 1 amide bonds. The molecule has 0 radical (unpaired) electrons. The molecule has 7 heteroatoms. The zero-order valence-electron chi connectivity index (χ0n) is 29.4. The van der Waals surface area contributed by atoms with Crippen molar-refractivity contribution in [2.45, 2.75) is 174 Å². The highest BCUT2D eigenvalue weighted by molar-refractivity contribution is 5.83. The number of carboxylic acid groups (broad SMARTS) is 1. The Morgan fingerprint density at radius 2 is 1.20 bits per heavy atom. The summed E-state index contributed by atoms with van der Waals surface area (Å²) in [4.78, 5) is 36.1. The Hall–Kier alpha value is -2.67. The summed E-state index contributed by atoms with van der Waals surface area (Å²) in [7, 11) is 0. The molecule has 0 aliphatic carbocycles. The number of unbranched alkanes of at least 4 members (excludes halogenated alkanes) is 10. The van der Waals surface area contributed by atoms with Crippen LogP contribution >= 0.6 is 0 Å². The van der Waals surface area contributed by atoms with Gasteiger partial charge in [-0.15, -0.1) is 0 Å². The zero-order valence-corrected chi connectivity index (χ0v) is 29.4. The third kappa shape index (κ3) is 30.0. The van der Waals surface area contributed by atoms with Gasteiger partial charge in [0.05, 0.1) is 0 Å². The molecule has 0 saturated carbocycles. The van der Waals surface area contributed by atoms with Crippen LogP contribution in [0, 0.1) is 0 Å². The van der Waals surface area contributed by atoms with Gasteiger partial charge in [0.15, 0.2) is 0 Å². The number of carboxylic acids is 1. The van der Waals surface area contributed by atoms with Crippen LogP contribution in [0.5, 0.6) is 0 Å². The highest BCUT2D eigenvalue weighted by Crippen LogP contribution is 2.17. The number of hydrogen-bond acceptors (Lipinski definition) is 5. The van der Waals surface area contributed by atoms with Crippen molar-refractivity contribution in [3.8, 4) is 0 Å². The van der Waals surface area contributed by atoms with Gasteiger partial charge in [-0.1, -0.05) is 120 Å². The fraction of sp³-hybridized carbons (Fsp3) is 0.718. The van der Waals surface area contributed by atoms with Crippen LogP contribution in [0.4, 0.5) is 0 Å². The first-order chi connectivity index (χ1) is 22.4. The summed E-state index contributed by atoms with van der Waals surface area (Å²) < 4.78 is 5.94. The van der Waals surface area contributed by atoms with Crippen molar-refractivity contribution >= 4 is 17.8 Å². The fourth-order valence-corrected chi connectivity index (χ4v) is 5.15. The molecule has 0 aliphatic heterocycles. The van der Waals surface area contributed by atoms with Gasteiger partial charge in [-0.25, -0.2) is 4.79 Å². The van der Waals surface area contributed by atoms with E-state index in [0.717, 1.165) is 89.9 Å². The predicted octanol–water partition coefficient (Wildman–Crippen LogP) is 9.66. The molecular weight excluding hydrogens is 576 g/mol. The van der Waals surface area contributed by atoms with Gasteiger partial charge in [-0.05, 0) is 83.6 Å². The molecule has 2 unspecified atom stereocenters. The Labute approximate surface area is 281 Å². The Morgan fingerprint density at radius 3 is 1.78 bits per heavy atom. The number of nitrogens with one attached hydrogen (secondary N) is 1. The van der Waals surface area contributed by atoms with Gasteiger partial charge in [0, 0.05) is 12.8 Å². The second-order valence-electron chi connectivity index (χ2n) is 12.3. The van der Waals surface area contributed by atoms with Crippen molar-refractivity contribution in [1.82, 2.24) is 5.32 Å². The maximum absolute atomic E-state index is 12.6. The standard InChI is InChI=1S/C39H68N2O5/c1-3-5-7-9-11-12-13-14-15-16-18-20-24-29-35(46-38(43)33-27-23-17-10-8-6-4-2)30-25-21-19-22-26-32-37(42)41-36(39(44)45)31-28-34-40/h5,7,11-12,14-15,18,20,35-36H,3-4,6,8-10,13,16-17,19,21-34,40H2,1-2H3,(H,41,42)(H,44,45)/b7-5-,12-11-,15-14-,20-18-. The first-order valence-electron chi connectivity index (χ1n) is 18.5. The molecule has 264 valence electrons. The second-order valence-corrected chi connectivity index (χ2v) is 12.3. The van der Waals surface area contributed by atoms with Crippen LogP contribution in [0.15, 0.2) is 48.6 Å². The molecular formula is C39H68N2O5. The van der Waals surface area contributed by atoms with Gasteiger partial charge in [-0.2, -0.15) is 0 Å². The summed E-state index contributed by atoms with van der Waals surface area (Å²) in [6.45, 7) is 4.77. The number of ether oxygens (including phenoxy) is 1. The quantitative estimate of drug-likeness (QED) is 0.0381. The van der Waals surface area contributed by atoms with Crippen molar-refractivity contribution in [3.63, 3.8) is 0 Å². The predicted molar refractivity (Wildman–Crippen MR) is 193 cm³/mol. The number of rotatable bonds is 32. The summed E-state index contributed by atoms with van der Waals surface area (Å²) in [5, 5.41) is 11.9. The van der Waals surface area contributed by atoms with E-state index in [2.05, 4.69) is 67.8 Å². The number of esters is 1. The van der Waals surface area contributed by atoms with Crippen molar-refractivity contribution < 1.29 is 24.2 Å². The Bertz CT molecular complexity index is 864. The van der Waals surface area contributed by atoms with E-state index in [1.807, 2.05) is 0 Å². The first-order valence-corrected chi connectivity index (χ1v) is 18.5. The van der Waals surface area contributed by atoms with Crippen molar-refractivity contribution in [1.29, 1.82) is 0 Å². The molecule has 0 aromatic carbocycles. The number of hydrogen-bond donors (Lipinski definition) is 3. The third-order valence-electron chi connectivity index (χ3n) is 7.92. The first kappa shape index (κ1) is 43.3. The number of allylic oxidation sites excluding steroid dienone is 8. The largest absolute Gasteiger partial charge is 0.480 e. The maximum atomic E-state index is 12.6. The minimum atomic E-state index is -1.01. The van der Waals surface area contributed by atoms with Crippen LogP contribution in [-0.2, 0) is 19.1 Å². The van der Waals surface area contributed by atoms with Crippen molar-refractivity contribution in [2.75, 3.05) is 6.54 Å². The van der Waals surface area contributed by atoms with Crippen LogP contribution in [0.3, 0.4) is 0 Å². The van der Waals surface area contributed by atoms with E-state index in [9.17, 15) is 19.5 Å². The third-order valence-corrected chi connectivity index (χ3v) is 7.92. The molecule has 0 rings (SSSR count). The van der Waals surface area contributed by atoms with Crippen LogP contribution in [0.1, 0.15) is 162 Å². The van der Waals surface area contributed by atoms with Crippen molar-refractivity contribution in [3.05, 3.63) is 48.6 Å². The van der Waals surface area contributed by atoms with Crippen LogP contribution in [0.25, 0.3) is 0 Å². The number of nitrogens with two attached hydrogens (primary N) is 1. The summed E-state index contributed by atoms with van der Waals surface area (Å²) in [6, 6.07) is -0.863. The second kappa shape index (κ2) is 33.7. The number of carbonyl (C=O) groups is 3. The van der Waals surface area contributed by atoms with E-state index >= 15 is 0 Å². The van der Waals surface area contributed by atoms with Crippen LogP contribution in [0.2, 0.25) is 0 Å². The molecule has 0 saturated heterocycles. The lowest BCUT2D eigenvalue weighted by Crippen LogP contribution is -2.40. The normalized spacial score (nSPS) is 13.3. The van der Waals surface area contributed by atoms with Gasteiger partial charge in [-0.3, -0.25) is 9.59 Å². The monoisotopic (exact) mass is 645 g/mol. The smallest absolute Gasteiger partial charge is 0.326 e. The summed E-state index contributed by atoms with van der Waals surface area (Å²) in [6.07, 6.45) is 38.7. The van der Waals surface area contributed by atoms with E-state index in [0.29, 0.717) is 32.2 Å². The summed E-state index contributed by atoms with van der Waals surface area (Å²) >= 11 is 0. The Kier molecular flexibility index (Phi) is 31.7. The van der Waals surface area contributed by atoms with Gasteiger partial charge in [0.25, 0.3) is 0 Å². The summed E-state index contributed by atoms with van der Waals surface area (Å²) in [5.74, 6) is -1.30. The number of carbonyl (C=O) groups excluding carboxylic acids is 2. The molecule has 0 aliphatic rings. The van der Waals surface area contributed by atoms with Crippen LogP contribution in [-0.4, -0.2) is 41.6 Å². The molecule has 0 bridgehead atoms. The molecule has 0 heterocycles. The molecule has 4 N–H and O–H groups in total. The molecule has 0 spiro atoms. The molecule has 0 aromatic rings.